The molecule has 1 N–H and O–H groups in total. The summed E-state index contributed by atoms with van der Waals surface area (Å²) in [6, 6.07) is 5.69. The van der Waals surface area contributed by atoms with Gasteiger partial charge in [0.05, 0.1) is 6.54 Å². The zero-order chi connectivity index (χ0) is 12.0. The van der Waals surface area contributed by atoms with E-state index in [1.54, 1.807) is 6.07 Å². The number of carbonyl (C=O) groups excluding carboxylic acids is 2. The molecule has 0 unspecified atom stereocenters. The minimum atomic E-state index is -0.650. The molecule has 1 aromatic carbocycles. The fourth-order valence-corrected chi connectivity index (χ4v) is 1.01. The van der Waals surface area contributed by atoms with E-state index in [4.69, 9.17) is 4.74 Å². The van der Waals surface area contributed by atoms with E-state index in [-0.39, 0.29) is 19.0 Å². The van der Waals surface area contributed by atoms with Crippen LogP contribution < -0.4 is 10.1 Å². The second-order valence-electron chi connectivity index (χ2n) is 3.12. The summed E-state index contributed by atoms with van der Waals surface area (Å²) in [5.41, 5.74) is 0. The highest BCUT2D eigenvalue weighted by Crippen LogP contribution is 2.11. The first-order chi connectivity index (χ1) is 7.59. The van der Waals surface area contributed by atoms with E-state index in [0.717, 1.165) is 0 Å². The normalized spacial score (nSPS) is 9.62. The molecule has 0 spiro atoms. The van der Waals surface area contributed by atoms with Gasteiger partial charge in [-0.25, -0.2) is 4.39 Å². The highest BCUT2D eigenvalue weighted by Gasteiger charge is 2.05. The third kappa shape index (κ3) is 4.08. The van der Waals surface area contributed by atoms with Gasteiger partial charge in [-0.2, -0.15) is 0 Å². The summed E-state index contributed by atoms with van der Waals surface area (Å²) in [7, 11) is 0. The number of carbonyl (C=O) groups is 2. The number of ketones is 1. The van der Waals surface area contributed by atoms with Gasteiger partial charge in [-0.05, 0) is 12.1 Å². The molecule has 1 rings (SSSR count). The van der Waals surface area contributed by atoms with Crippen LogP contribution in [0.5, 0.6) is 5.75 Å². The molecule has 0 heterocycles. The molecule has 16 heavy (non-hydrogen) atoms. The Bertz CT molecular complexity index is 393. The van der Waals surface area contributed by atoms with Crippen molar-refractivity contribution in [1.82, 2.24) is 5.32 Å². The molecule has 0 aliphatic heterocycles. The van der Waals surface area contributed by atoms with Gasteiger partial charge in [0.25, 0.3) is 5.91 Å². The molecule has 0 radical (unpaired) electrons. The van der Waals surface area contributed by atoms with Gasteiger partial charge < -0.3 is 10.1 Å². The van der Waals surface area contributed by atoms with Crippen molar-refractivity contribution in [3.8, 4) is 5.75 Å². The molecule has 5 heteroatoms. The first kappa shape index (κ1) is 12.2. The Hall–Kier alpha value is -1.91. The van der Waals surface area contributed by atoms with Gasteiger partial charge >= 0.3 is 0 Å². The van der Waals surface area contributed by atoms with Crippen LogP contribution in [0.2, 0.25) is 0 Å². The lowest BCUT2D eigenvalue weighted by Crippen LogP contribution is -2.32. The van der Waals surface area contributed by atoms with Crippen molar-refractivity contribution < 1.29 is 18.7 Å². The van der Waals surface area contributed by atoms with Crippen LogP contribution in [0.3, 0.4) is 0 Å². The minimum Gasteiger partial charge on any atom is -0.492 e. The lowest BCUT2D eigenvalue weighted by Gasteiger charge is -2.06. The largest absolute Gasteiger partial charge is 0.492 e. The number of Topliss-reactive ketones (excluding diaryl/α,β-unsaturated/α-hetero) is 1. The molecule has 0 atom stereocenters. The number of amides is 1. The lowest BCUT2D eigenvalue weighted by molar-refractivity contribution is -0.136. The van der Waals surface area contributed by atoms with Crippen molar-refractivity contribution in [2.24, 2.45) is 0 Å². The summed E-state index contributed by atoms with van der Waals surface area (Å²) in [5, 5.41) is 2.36. The zero-order valence-electron chi connectivity index (χ0n) is 8.83. The summed E-state index contributed by atoms with van der Waals surface area (Å²) in [6.07, 6.45) is 0. The van der Waals surface area contributed by atoms with Gasteiger partial charge in [0.15, 0.2) is 0 Å². The van der Waals surface area contributed by atoms with Crippen molar-refractivity contribution in [3.63, 3.8) is 0 Å². The fraction of sp³-hybridized carbons (Fsp3) is 0.273. The minimum absolute atomic E-state index is 0.183. The smallest absolute Gasteiger partial charge is 0.287 e. The van der Waals surface area contributed by atoms with Crippen LogP contribution in [0.15, 0.2) is 24.3 Å². The molecule has 4 nitrogen and oxygen atoms in total. The van der Waals surface area contributed by atoms with Gasteiger partial charge in [-0.3, -0.25) is 9.59 Å². The van der Waals surface area contributed by atoms with Gasteiger partial charge in [-0.1, -0.05) is 6.07 Å². The zero-order valence-corrected chi connectivity index (χ0v) is 8.83. The third-order valence-electron chi connectivity index (χ3n) is 1.77. The van der Waals surface area contributed by atoms with E-state index in [2.05, 4.69) is 5.32 Å². The Morgan fingerprint density at radius 2 is 2.19 bits per heavy atom. The highest BCUT2D eigenvalue weighted by atomic mass is 19.1. The van der Waals surface area contributed by atoms with E-state index >= 15 is 0 Å². The molecule has 0 aliphatic rings. The average molecular weight is 225 g/mol. The average Bonchev–Trinajstić information content (AvgIpc) is 2.24. The third-order valence-corrected chi connectivity index (χ3v) is 1.77. The first-order valence-electron chi connectivity index (χ1n) is 4.76. The van der Waals surface area contributed by atoms with Gasteiger partial charge in [0.2, 0.25) is 5.78 Å². The van der Waals surface area contributed by atoms with E-state index in [9.17, 15) is 14.0 Å². The topological polar surface area (TPSA) is 55.4 Å². The van der Waals surface area contributed by atoms with E-state index in [1.807, 2.05) is 0 Å². The summed E-state index contributed by atoms with van der Waals surface area (Å²) < 4.78 is 17.9. The summed E-state index contributed by atoms with van der Waals surface area (Å²) in [5.74, 6) is -1.20. The van der Waals surface area contributed by atoms with Crippen LogP contribution in [0.25, 0.3) is 0 Å². The van der Waals surface area contributed by atoms with Crippen molar-refractivity contribution in [1.29, 1.82) is 0 Å². The molecule has 1 amide bonds. The highest BCUT2D eigenvalue weighted by molar-refractivity contribution is 6.35. The standard InChI is InChI=1S/C11H12FNO3/c1-8(14)11(15)13-5-6-16-10-4-2-3-9(12)7-10/h2-4,7H,5-6H2,1H3,(H,13,15). The predicted octanol–water partition coefficient (Wildman–Crippen LogP) is 0.910. The van der Waals surface area contributed by atoms with Gasteiger partial charge in [0.1, 0.15) is 18.2 Å². The molecule has 1 aromatic rings. The molecule has 0 aromatic heterocycles. The molecule has 0 saturated heterocycles. The van der Waals surface area contributed by atoms with Crippen LogP contribution in [-0.2, 0) is 9.59 Å². The Morgan fingerprint density at radius 3 is 2.81 bits per heavy atom. The van der Waals surface area contributed by atoms with Crippen molar-refractivity contribution in [2.45, 2.75) is 6.92 Å². The van der Waals surface area contributed by atoms with E-state index in [0.29, 0.717) is 5.75 Å². The maximum atomic E-state index is 12.7. The fourth-order valence-electron chi connectivity index (χ4n) is 1.01. The number of nitrogens with one attached hydrogen (secondary N) is 1. The second kappa shape index (κ2) is 5.85. The number of halogens is 1. The molecule has 0 fully saturated rings. The SMILES string of the molecule is CC(=O)C(=O)NCCOc1cccc(F)c1. The first-order valence-corrected chi connectivity index (χ1v) is 4.76. The number of rotatable bonds is 5. The predicted molar refractivity (Wildman–Crippen MR) is 55.6 cm³/mol. The quantitative estimate of drug-likeness (QED) is 0.598. The van der Waals surface area contributed by atoms with E-state index < -0.39 is 11.7 Å². The molecule has 0 saturated carbocycles. The monoisotopic (exact) mass is 225 g/mol. The Labute approximate surface area is 92.4 Å². The molecular weight excluding hydrogens is 213 g/mol. The second-order valence-corrected chi connectivity index (χ2v) is 3.12. The number of hydrogen-bond acceptors (Lipinski definition) is 3. The lowest BCUT2D eigenvalue weighted by atomic mass is 10.3. The summed E-state index contributed by atoms with van der Waals surface area (Å²) in [4.78, 5) is 21.4. The molecular formula is C11H12FNO3. The van der Waals surface area contributed by atoms with Crippen molar-refractivity contribution >= 4 is 11.7 Å². The maximum absolute atomic E-state index is 12.7. The summed E-state index contributed by atoms with van der Waals surface area (Å²) in [6.45, 7) is 1.57. The van der Waals surface area contributed by atoms with Gasteiger partial charge in [0, 0.05) is 13.0 Å². The van der Waals surface area contributed by atoms with Crippen LogP contribution in [0.4, 0.5) is 4.39 Å². The maximum Gasteiger partial charge on any atom is 0.287 e. The number of hydrogen-bond donors (Lipinski definition) is 1. The Kier molecular flexibility index (Phi) is 4.44. The summed E-state index contributed by atoms with van der Waals surface area (Å²) >= 11 is 0. The van der Waals surface area contributed by atoms with Crippen molar-refractivity contribution in [3.05, 3.63) is 30.1 Å². The molecule has 0 bridgehead atoms. The van der Waals surface area contributed by atoms with Crippen LogP contribution in [0, 0.1) is 5.82 Å². The Morgan fingerprint density at radius 1 is 1.44 bits per heavy atom. The van der Waals surface area contributed by atoms with Crippen LogP contribution >= 0.6 is 0 Å². The van der Waals surface area contributed by atoms with Gasteiger partial charge in [-0.15, -0.1) is 0 Å². The van der Waals surface area contributed by atoms with E-state index in [1.165, 1.54) is 25.1 Å². The molecule has 86 valence electrons. The van der Waals surface area contributed by atoms with Crippen LogP contribution in [0.1, 0.15) is 6.92 Å². The number of benzene rings is 1. The molecule has 0 aliphatic carbocycles. The van der Waals surface area contributed by atoms with Crippen molar-refractivity contribution in [2.75, 3.05) is 13.2 Å². The number of ether oxygens (including phenoxy) is 1. The van der Waals surface area contributed by atoms with Crippen LogP contribution in [-0.4, -0.2) is 24.8 Å². The Balaban J connectivity index is 2.26.